The van der Waals surface area contributed by atoms with E-state index < -0.39 is 35.0 Å². The topological polar surface area (TPSA) is 99.8 Å². The number of nitrogens with zero attached hydrogens (tertiary/aromatic N) is 2. The molecule has 2 heterocycles. The van der Waals surface area contributed by atoms with Gasteiger partial charge < -0.3 is 10.6 Å². The molecule has 0 aliphatic rings. The number of hydrogen-bond acceptors (Lipinski definition) is 4. The first kappa shape index (κ1) is 24.0. The Hall–Kier alpha value is -4.18. The van der Waals surface area contributed by atoms with Gasteiger partial charge in [0.2, 0.25) is 11.8 Å². The van der Waals surface area contributed by atoms with Crippen LogP contribution in [-0.4, -0.2) is 27.0 Å². The van der Waals surface area contributed by atoms with Gasteiger partial charge in [0.05, 0.1) is 33.2 Å². The lowest BCUT2D eigenvalue weighted by Crippen LogP contribution is -2.22. The van der Waals surface area contributed by atoms with E-state index in [0.717, 1.165) is 23.2 Å². The summed E-state index contributed by atoms with van der Waals surface area (Å²) in [5, 5.41) is 12.1. The molecule has 0 aliphatic carbocycles. The molecule has 0 atom stereocenters. The van der Waals surface area contributed by atoms with E-state index in [1.54, 1.807) is 24.4 Å². The number of aromatic nitrogens is 3. The number of benzene rings is 2. The number of anilines is 2. The third-order valence-corrected chi connectivity index (χ3v) is 5.28. The summed E-state index contributed by atoms with van der Waals surface area (Å²) < 4.78 is 38.9. The number of halogens is 4. The Morgan fingerprint density at radius 3 is 2.54 bits per heavy atom. The second-order valence-corrected chi connectivity index (χ2v) is 7.77. The van der Waals surface area contributed by atoms with Crippen LogP contribution in [0.25, 0.3) is 23.1 Å². The molecular weight excluding hydrogens is 483 g/mol. The lowest BCUT2D eigenvalue weighted by molar-refractivity contribution is -0.137. The van der Waals surface area contributed by atoms with Crippen LogP contribution in [0.2, 0.25) is 5.02 Å². The first-order chi connectivity index (χ1) is 16.7. The summed E-state index contributed by atoms with van der Waals surface area (Å²) in [5.41, 5.74) is 1.21. The summed E-state index contributed by atoms with van der Waals surface area (Å²) in [6.07, 6.45) is 0.0231. The summed E-state index contributed by atoms with van der Waals surface area (Å²) in [7, 11) is 0. The van der Waals surface area contributed by atoms with E-state index in [-0.39, 0.29) is 5.69 Å². The highest BCUT2D eigenvalue weighted by Gasteiger charge is 2.34. The van der Waals surface area contributed by atoms with Crippen molar-refractivity contribution in [1.82, 2.24) is 15.2 Å². The number of carbonyl (C=O) groups is 2. The van der Waals surface area contributed by atoms with E-state index in [1.165, 1.54) is 6.07 Å². The van der Waals surface area contributed by atoms with E-state index >= 15 is 0 Å². The molecular formula is C24H17ClF3N5O2. The largest absolute Gasteiger partial charge is 0.417 e. The van der Waals surface area contributed by atoms with E-state index in [1.807, 2.05) is 30.4 Å². The number of aromatic amines is 1. The molecule has 0 bridgehead atoms. The summed E-state index contributed by atoms with van der Waals surface area (Å²) in [6, 6.07) is 13.7. The zero-order valence-corrected chi connectivity index (χ0v) is 18.6. The van der Waals surface area contributed by atoms with Crippen molar-refractivity contribution in [2.75, 3.05) is 10.6 Å². The number of amides is 2. The second kappa shape index (κ2) is 9.98. The molecule has 2 aromatic carbocycles. The molecule has 2 amide bonds. The average Bonchev–Trinajstić information content (AvgIpc) is 3.21. The van der Waals surface area contributed by atoms with Gasteiger partial charge in [0.25, 0.3) is 0 Å². The zero-order valence-electron chi connectivity index (χ0n) is 17.9. The van der Waals surface area contributed by atoms with Crippen LogP contribution in [0, 0.1) is 0 Å². The predicted octanol–water partition coefficient (Wildman–Crippen LogP) is 5.77. The van der Waals surface area contributed by atoms with E-state index in [0.29, 0.717) is 16.9 Å². The molecule has 0 aliphatic heterocycles. The van der Waals surface area contributed by atoms with Gasteiger partial charge in [0, 0.05) is 17.3 Å². The Kier molecular flexibility index (Phi) is 6.83. The molecule has 178 valence electrons. The monoisotopic (exact) mass is 499 g/mol. The number of pyridine rings is 1. The number of fused-ring (bicyclic) bond motifs is 1. The minimum Gasteiger partial charge on any atom is -0.326 e. The predicted molar refractivity (Wildman–Crippen MR) is 128 cm³/mol. The first-order valence-electron chi connectivity index (χ1n) is 10.2. The van der Waals surface area contributed by atoms with Crippen molar-refractivity contribution in [1.29, 1.82) is 0 Å². The molecule has 4 aromatic rings. The van der Waals surface area contributed by atoms with E-state index in [9.17, 15) is 22.8 Å². The normalized spacial score (nSPS) is 11.7. The van der Waals surface area contributed by atoms with Crippen molar-refractivity contribution in [2.24, 2.45) is 0 Å². The third-order valence-electron chi connectivity index (χ3n) is 4.88. The van der Waals surface area contributed by atoms with Gasteiger partial charge in [-0.3, -0.25) is 19.7 Å². The highest BCUT2D eigenvalue weighted by Crippen LogP contribution is 2.38. The highest BCUT2D eigenvalue weighted by atomic mass is 35.5. The molecule has 7 nitrogen and oxygen atoms in total. The van der Waals surface area contributed by atoms with Crippen molar-refractivity contribution >= 4 is 57.8 Å². The van der Waals surface area contributed by atoms with Crippen LogP contribution in [0.1, 0.15) is 23.4 Å². The first-order valence-corrected chi connectivity index (χ1v) is 10.6. The molecule has 0 unspecified atom stereocenters. The molecule has 0 radical (unpaired) electrons. The number of H-pyrrole nitrogens is 1. The maximum Gasteiger partial charge on any atom is 0.417 e. The summed E-state index contributed by atoms with van der Waals surface area (Å²) >= 11 is 5.77. The maximum atomic E-state index is 13.0. The van der Waals surface area contributed by atoms with Crippen LogP contribution < -0.4 is 10.6 Å². The van der Waals surface area contributed by atoms with Gasteiger partial charge in [-0.15, -0.1) is 0 Å². The fraction of sp³-hybridized carbons (Fsp3) is 0.0833. The van der Waals surface area contributed by atoms with Gasteiger partial charge in [0.15, 0.2) is 0 Å². The molecule has 0 spiro atoms. The number of nitrogens with one attached hydrogen (secondary N) is 3. The summed E-state index contributed by atoms with van der Waals surface area (Å²) in [6.45, 7) is 0. The number of rotatable bonds is 6. The molecule has 0 saturated carbocycles. The van der Waals surface area contributed by atoms with E-state index in [2.05, 4.69) is 25.8 Å². The van der Waals surface area contributed by atoms with Gasteiger partial charge in [0.1, 0.15) is 6.42 Å². The van der Waals surface area contributed by atoms with Crippen molar-refractivity contribution in [3.05, 3.63) is 82.8 Å². The molecule has 0 fully saturated rings. The van der Waals surface area contributed by atoms with Crippen LogP contribution in [-0.2, 0) is 15.8 Å². The Bertz CT molecular complexity index is 1420. The molecule has 4 rings (SSSR count). The van der Waals surface area contributed by atoms with Gasteiger partial charge in [-0.05, 0) is 54.6 Å². The molecule has 11 heteroatoms. The molecule has 2 aromatic heterocycles. The van der Waals surface area contributed by atoms with Crippen LogP contribution in [0.5, 0.6) is 0 Å². The highest BCUT2D eigenvalue weighted by molar-refractivity contribution is 6.34. The lowest BCUT2D eigenvalue weighted by atomic mass is 10.1. The van der Waals surface area contributed by atoms with Crippen LogP contribution in [0.15, 0.2) is 60.8 Å². The summed E-state index contributed by atoms with van der Waals surface area (Å²) in [4.78, 5) is 28.7. The SMILES string of the molecule is O=C(CC(=O)Nc1cccc(C(F)(F)F)c1Cl)Nc1ccc2c(C=Cc3ccccn3)n[nH]c2c1. The van der Waals surface area contributed by atoms with Gasteiger partial charge in [-0.1, -0.05) is 23.7 Å². The fourth-order valence-electron chi connectivity index (χ4n) is 3.28. The summed E-state index contributed by atoms with van der Waals surface area (Å²) in [5.74, 6) is -1.46. The minimum absolute atomic E-state index is 0.232. The van der Waals surface area contributed by atoms with Crippen molar-refractivity contribution in [2.45, 2.75) is 12.6 Å². The zero-order chi connectivity index (χ0) is 25.0. The lowest BCUT2D eigenvalue weighted by Gasteiger charge is -2.13. The molecule has 35 heavy (non-hydrogen) atoms. The van der Waals surface area contributed by atoms with E-state index in [4.69, 9.17) is 11.6 Å². The minimum atomic E-state index is -4.67. The second-order valence-electron chi connectivity index (χ2n) is 7.40. The Balaban J connectivity index is 1.39. The number of alkyl halides is 3. The molecule has 3 N–H and O–H groups in total. The third kappa shape index (κ3) is 5.85. The standard InChI is InChI=1S/C24H17ClF3N5O2/c25-23-17(24(26,27)28)5-3-6-19(23)31-22(35)13-21(34)30-15-7-9-16-18(32-33-20(16)12-15)10-8-14-4-1-2-11-29-14/h1-12H,13H2,(H,30,34)(H,31,35)(H,32,33). The Morgan fingerprint density at radius 2 is 1.80 bits per heavy atom. The number of hydrogen-bond donors (Lipinski definition) is 3. The van der Waals surface area contributed by atoms with Crippen molar-refractivity contribution in [3.8, 4) is 0 Å². The van der Waals surface area contributed by atoms with Crippen LogP contribution >= 0.6 is 11.6 Å². The van der Waals surface area contributed by atoms with Crippen molar-refractivity contribution in [3.63, 3.8) is 0 Å². The van der Waals surface area contributed by atoms with Crippen LogP contribution in [0.4, 0.5) is 24.5 Å². The Morgan fingerprint density at radius 1 is 1.00 bits per heavy atom. The number of carbonyl (C=O) groups excluding carboxylic acids is 2. The van der Waals surface area contributed by atoms with Gasteiger partial charge >= 0.3 is 6.18 Å². The Labute approximate surface area is 202 Å². The molecule has 0 saturated heterocycles. The van der Waals surface area contributed by atoms with Gasteiger partial charge in [-0.2, -0.15) is 18.3 Å². The maximum absolute atomic E-state index is 13.0. The fourth-order valence-corrected chi connectivity index (χ4v) is 3.56. The average molecular weight is 500 g/mol. The van der Waals surface area contributed by atoms with Gasteiger partial charge in [-0.25, -0.2) is 0 Å². The quantitative estimate of drug-likeness (QED) is 0.293. The smallest absolute Gasteiger partial charge is 0.326 e. The van der Waals surface area contributed by atoms with Crippen molar-refractivity contribution < 1.29 is 22.8 Å². The van der Waals surface area contributed by atoms with Crippen LogP contribution in [0.3, 0.4) is 0 Å².